The highest BCUT2D eigenvalue weighted by Crippen LogP contribution is 2.30. The third kappa shape index (κ3) is 7.61. The molecule has 41 heavy (non-hydrogen) atoms. The number of nitrogens with one attached hydrogen (secondary N) is 1. The lowest BCUT2D eigenvalue weighted by Gasteiger charge is -2.19. The van der Waals surface area contributed by atoms with Crippen LogP contribution in [0.1, 0.15) is 44.4 Å². The van der Waals surface area contributed by atoms with Crippen molar-refractivity contribution >= 4 is 29.9 Å². The number of hydrogen-bond donors (Lipinski definition) is 1. The summed E-state index contributed by atoms with van der Waals surface area (Å²) in [5, 5.41) is 13.5. The van der Waals surface area contributed by atoms with Crippen molar-refractivity contribution in [2.75, 3.05) is 12.9 Å². The van der Waals surface area contributed by atoms with Gasteiger partial charge in [-0.25, -0.2) is 5.43 Å². The second-order valence-electron chi connectivity index (χ2n) is 10.4. The number of amides is 1. The van der Waals surface area contributed by atoms with Crippen molar-refractivity contribution in [3.63, 3.8) is 0 Å². The number of benzene rings is 3. The first kappa shape index (κ1) is 29.5. The topological polar surface area (TPSA) is 108 Å². The van der Waals surface area contributed by atoms with Gasteiger partial charge in [0.05, 0.1) is 19.1 Å². The zero-order valence-corrected chi connectivity index (χ0v) is 24.8. The van der Waals surface area contributed by atoms with E-state index in [9.17, 15) is 9.59 Å². The minimum atomic E-state index is -0.446. The number of carbonyl (C=O) groups is 2. The minimum Gasteiger partial charge on any atom is -0.493 e. The van der Waals surface area contributed by atoms with Crippen molar-refractivity contribution in [2.24, 2.45) is 5.10 Å². The Morgan fingerprint density at radius 3 is 2.34 bits per heavy atom. The minimum absolute atomic E-state index is 0.0411. The van der Waals surface area contributed by atoms with Gasteiger partial charge in [-0.05, 0) is 53.8 Å². The van der Waals surface area contributed by atoms with Crippen molar-refractivity contribution < 1.29 is 19.1 Å². The number of ether oxygens (including phenoxy) is 2. The number of aryl methyl sites for hydroxylation is 1. The van der Waals surface area contributed by atoms with Crippen LogP contribution in [0.25, 0.3) is 17.1 Å². The molecule has 0 radical (unpaired) electrons. The van der Waals surface area contributed by atoms with E-state index >= 15 is 0 Å². The lowest BCUT2D eigenvalue weighted by molar-refractivity contribution is -0.132. The first-order valence-electron chi connectivity index (χ1n) is 13.0. The number of thioether (sulfide) groups is 1. The van der Waals surface area contributed by atoms with Crippen LogP contribution in [0, 0.1) is 6.92 Å². The Hall–Kier alpha value is -4.44. The molecule has 0 spiro atoms. The van der Waals surface area contributed by atoms with E-state index < -0.39 is 5.97 Å². The molecule has 0 bridgehead atoms. The van der Waals surface area contributed by atoms with Gasteiger partial charge in [-0.1, -0.05) is 74.5 Å². The van der Waals surface area contributed by atoms with Crippen LogP contribution in [0.3, 0.4) is 0 Å². The van der Waals surface area contributed by atoms with Gasteiger partial charge < -0.3 is 9.47 Å². The number of nitrogens with zero attached hydrogens (tertiary/aromatic N) is 4. The molecule has 0 saturated heterocycles. The zero-order valence-electron chi connectivity index (χ0n) is 24.0. The fraction of sp³-hybridized carbons (Fsp3) is 0.258. The molecule has 1 amide bonds. The van der Waals surface area contributed by atoms with Crippen LogP contribution >= 0.6 is 11.8 Å². The van der Waals surface area contributed by atoms with Gasteiger partial charge in [0, 0.05) is 18.2 Å². The van der Waals surface area contributed by atoms with E-state index in [1.54, 1.807) is 18.2 Å². The molecule has 212 valence electrons. The molecule has 0 saturated carbocycles. The average Bonchev–Trinajstić information content (AvgIpc) is 3.36. The van der Waals surface area contributed by atoms with Crippen molar-refractivity contribution in [1.82, 2.24) is 20.2 Å². The van der Waals surface area contributed by atoms with Crippen LogP contribution in [0.15, 0.2) is 77.0 Å². The van der Waals surface area contributed by atoms with Crippen molar-refractivity contribution in [2.45, 2.75) is 45.2 Å². The predicted molar refractivity (Wildman–Crippen MR) is 161 cm³/mol. The van der Waals surface area contributed by atoms with Gasteiger partial charge in [-0.3, -0.25) is 14.2 Å². The summed E-state index contributed by atoms with van der Waals surface area (Å²) < 4.78 is 12.3. The number of rotatable bonds is 9. The van der Waals surface area contributed by atoms with E-state index in [1.165, 1.54) is 37.6 Å². The Labute approximate surface area is 244 Å². The van der Waals surface area contributed by atoms with Crippen molar-refractivity contribution in [3.05, 3.63) is 83.4 Å². The Kier molecular flexibility index (Phi) is 9.24. The average molecular weight is 572 g/mol. The molecule has 0 aliphatic carbocycles. The second-order valence-corrected chi connectivity index (χ2v) is 11.3. The Balaban J connectivity index is 1.49. The smallest absolute Gasteiger partial charge is 0.308 e. The molecule has 0 atom stereocenters. The van der Waals surface area contributed by atoms with E-state index in [0.29, 0.717) is 28.0 Å². The van der Waals surface area contributed by atoms with Crippen LogP contribution in [0.4, 0.5) is 0 Å². The number of methoxy groups -OCH3 is 1. The van der Waals surface area contributed by atoms with E-state index in [0.717, 1.165) is 16.8 Å². The molecule has 0 aliphatic heterocycles. The van der Waals surface area contributed by atoms with Gasteiger partial charge in [0.25, 0.3) is 5.91 Å². The molecule has 1 aromatic heterocycles. The fourth-order valence-electron chi connectivity index (χ4n) is 3.94. The maximum absolute atomic E-state index is 12.6. The molecule has 1 N–H and O–H groups in total. The summed E-state index contributed by atoms with van der Waals surface area (Å²) >= 11 is 1.27. The van der Waals surface area contributed by atoms with Crippen LogP contribution in [0.2, 0.25) is 0 Å². The highest BCUT2D eigenvalue weighted by Gasteiger charge is 2.19. The Morgan fingerprint density at radius 2 is 1.71 bits per heavy atom. The highest BCUT2D eigenvalue weighted by atomic mass is 32.2. The lowest BCUT2D eigenvalue weighted by Crippen LogP contribution is -2.20. The SMILES string of the molecule is COc1cc(C=NNC(=O)CSc2nnc(-c3ccc(C(C)(C)C)cc3)n2-c2ccc(C)cc2)ccc1OC(C)=O. The number of hydrazone groups is 1. The first-order chi connectivity index (χ1) is 19.5. The normalized spacial score (nSPS) is 11.5. The van der Waals surface area contributed by atoms with Crippen LogP contribution in [0.5, 0.6) is 11.5 Å². The number of carbonyl (C=O) groups excluding carboxylic acids is 2. The number of hydrogen-bond acceptors (Lipinski definition) is 8. The predicted octanol–water partition coefficient (Wildman–Crippen LogP) is 5.72. The maximum Gasteiger partial charge on any atom is 0.308 e. The number of esters is 1. The van der Waals surface area contributed by atoms with Gasteiger partial charge in [0.2, 0.25) is 0 Å². The summed E-state index contributed by atoms with van der Waals surface area (Å²) in [7, 11) is 1.48. The van der Waals surface area contributed by atoms with Gasteiger partial charge in [0.1, 0.15) is 0 Å². The number of aromatic nitrogens is 3. The second kappa shape index (κ2) is 12.8. The van der Waals surface area contributed by atoms with Gasteiger partial charge in [0.15, 0.2) is 22.5 Å². The summed E-state index contributed by atoms with van der Waals surface area (Å²) in [5.74, 6) is 0.716. The molecule has 0 unspecified atom stereocenters. The first-order valence-corrected chi connectivity index (χ1v) is 14.0. The summed E-state index contributed by atoms with van der Waals surface area (Å²) in [6.45, 7) is 9.89. The van der Waals surface area contributed by atoms with E-state index in [1.807, 2.05) is 35.8 Å². The van der Waals surface area contributed by atoms with Gasteiger partial charge in [-0.2, -0.15) is 5.10 Å². The zero-order chi connectivity index (χ0) is 29.6. The summed E-state index contributed by atoms with van der Waals surface area (Å²) in [6, 6.07) is 21.4. The molecule has 1 heterocycles. The van der Waals surface area contributed by atoms with Gasteiger partial charge in [-0.15, -0.1) is 10.2 Å². The van der Waals surface area contributed by atoms with E-state index in [4.69, 9.17) is 9.47 Å². The van der Waals surface area contributed by atoms with Crippen LogP contribution < -0.4 is 14.9 Å². The van der Waals surface area contributed by atoms with E-state index in [2.05, 4.69) is 65.8 Å². The molecule has 4 aromatic rings. The molecule has 4 rings (SSSR count). The van der Waals surface area contributed by atoms with E-state index in [-0.39, 0.29) is 17.1 Å². The summed E-state index contributed by atoms with van der Waals surface area (Å²) in [6.07, 6.45) is 1.48. The maximum atomic E-state index is 12.6. The standard InChI is InChI=1S/C31H33N5O4S/c1-20-7-14-25(15-8-20)36-29(23-10-12-24(13-11-23)31(3,4)5)34-35-30(36)41-19-28(38)33-32-18-22-9-16-26(40-21(2)37)27(17-22)39-6/h7-18H,19H2,1-6H3,(H,33,38). The van der Waals surface area contributed by atoms with Crippen molar-refractivity contribution in [3.8, 4) is 28.6 Å². The molecule has 0 aliphatic rings. The monoisotopic (exact) mass is 571 g/mol. The third-order valence-electron chi connectivity index (χ3n) is 6.11. The largest absolute Gasteiger partial charge is 0.493 e. The molecule has 10 heteroatoms. The molecule has 9 nitrogen and oxygen atoms in total. The fourth-order valence-corrected chi connectivity index (χ4v) is 4.69. The van der Waals surface area contributed by atoms with Gasteiger partial charge >= 0.3 is 5.97 Å². The third-order valence-corrected chi connectivity index (χ3v) is 7.04. The van der Waals surface area contributed by atoms with Crippen molar-refractivity contribution in [1.29, 1.82) is 0 Å². The molecular weight excluding hydrogens is 538 g/mol. The summed E-state index contributed by atoms with van der Waals surface area (Å²) in [5.41, 5.74) is 7.45. The quantitative estimate of drug-likeness (QED) is 0.0901. The molecular formula is C31H33N5O4S. The lowest BCUT2D eigenvalue weighted by atomic mass is 9.87. The molecule has 3 aromatic carbocycles. The van der Waals surface area contributed by atoms with Crippen LogP contribution in [-0.4, -0.2) is 45.7 Å². The Bertz CT molecular complexity index is 1560. The van der Waals surface area contributed by atoms with Crippen LogP contribution in [-0.2, 0) is 15.0 Å². The molecule has 0 fully saturated rings. The Morgan fingerprint density at radius 1 is 1.00 bits per heavy atom. The highest BCUT2D eigenvalue weighted by molar-refractivity contribution is 7.99. The summed E-state index contributed by atoms with van der Waals surface area (Å²) in [4.78, 5) is 23.9.